The second-order valence-corrected chi connectivity index (χ2v) is 12.0. The second-order valence-electron chi connectivity index (χ2n) is 12.0. The summed E-state index contributed by atoms with van der Waals surface area (Å²) in [5.74, 6) is 1.61. The number of benzene rings is 4. The maximum Gasteiger partial charge on any atom is 0.145 e. The number of ether oxygens (including phenoxy) is 2. The van der Waals surface area contributed by atoms with Crippen LogP contribution in [0.2, 0.25) is 0 Å². The van der Waals surface area contributed by atoms with E-state index < -0.39 is 0 Å². The van der Waals surface area contributed by atoms with Gasteiger partial charge in [0.05, 0.1) is 36.6 Å². The minimum Gasteiger partial charge on any atom is -0.494 e. The van der Waals surface area contributed by atoms with Gasteiger partial charge < -0.3 is 29.9 Å². The first-order valence-corrected chi connectivity index (χ1v) is 16.4. The number of rotatable bonds is 12. The third-order valence-electron chi connectivity index (χ3n) is 9.16. The molecule has 8 heteroatoms. The Labute approximate surface area is 270 Å². The zero-order chi connectivity index (χ0) is 31.3. The first-order valence-electron chi connectivity index (χ1n) is 16.4. The highest BCUT2D eigenvalue weighted by molar-refractivity contribution is 6.10. The fourth-order valence-corrected chi connectivity index (χ4v) is 6.75. The Morgan fingerprint density at radius 2 is 0.957 bits per heavy atom. The summed E-state index contributed by atoms with van der Waals surface area (Å²) >= 11 is 0. The van der Waals surface area contributed by atoms with Gasteiger partial charge >= 0.3 is 0 Å². The molecule has 0 saturated carbocycles. The number of nitrogens with one attached hydrogen (secondary N) is 2. The predicted molar refractivity (Wildman–Crippen MR) is 191 cm³/mol. The molecule has 1 saturated heterocycles. The van der Waals surface area contributed by atoms with Gasteiger partial charge in [0.25, 0.3) is 0 Å². The number of aromatic nitrogens is 2. The predicted octanol–water partition coefficient (Wildman–Crippen LogP) is 7.03. The Hall–Kier alpha value is -4.66. The molecule has 0 amide bonds. The second kappa shape index (κ2) is 13.8. The normalized spacial score (nSPS) is 14.3. The zero-order valence-electron chi connectivity index (χ0n) is 26.8. The summed E-state index contributed by atoms with van der Waals surface area (Å²) in [7, 11) is 3.41. The largest absolute Gasteiger partial charge is 0.494 e. The van der Waals surface area contributed by atoms with Crippen molar-refractivity contribution in [2.45, 2.75) is 12.8 Å². The van der Waals surface area contributed by atoms with Gasteiger partial charge in [0.2, 0.25) is 0 Å². The van der Waals surface area contributed by atoms with Crippen molar-refractivity contribution in [1.82, 2.24) is 19.8 Å². The first-order chi connectivity index (χ1) is 22.7. The molecule has 236 valence electrons. The molecule has 0 radical (unpaired) electrons. The quantitative estimate of drug-likeness (QED) is 0.112. The molecule has 7 rings (SSSR count). The summed E-state index contributed by atoms with van der Waals surface area (Å²) in [5.41, 5.74) is 6.06. The number of anilines is 2. The van der Waals surface area contributed by atoms with Crippen molar-refractivity contribution in [3.63, 3.8) is 0 Å². The highest BCUT2D eigenvalue weighted by Crippen LogP contribution is 2.36. The van der Waals surface area contributed by atoms with Crippen molar-refractivity contribution in [2.75, 3.05) is 77.2 Å². The average Bonchev–Trinajstić information content (AvgIpc) is 3.11. The number of fused-ring (bicyclic) bond motifs is 4. The highest BCUT2D eigenvalue weighted by Gasteiger charge is 2.17. The molecular weight excluding hydrogens is 572 g/mol. The number of nitrogens with zero attached hydrogens (tertiary/aromatic N) is 4. The van der Waals surface area contributed by atoms with Crippen molar-refractivity contribution < 1.29 is 9.47 Å². The molecule has 3 heterocycles. The van der Waals surface area contributed by atoms with E-state index in [2.05, 4.69) is 69.0 Å². The average molecular weight is 615 g/mol. The monoisotopic (exact) mass is 614 g/mol. The molecule has 4 aromatic carbocycles. The summed E-state index contributed by atoms with van der Waals surface area (Å²) in [6.45, 7) is 8.48. The molecular formula is C38H42N6O2. The van der Waals surface area contributed by atoms with E-state index >= 15 is 0 Å². The molecule has 8 nitrogen and oxygen atoms in total. The lowest BCUT2D eigenvalue weighted by molar-refractivity contribution is 0.132. The van der Waals surface area contributed by atoms with Crippen LogP contribution in [0.4, 0.5) is 11.4 Å². The molecule has 0 atom stereocenters. The van der Waals surface area contributed by atoms with Crippen LogP contribution in [-0.4, -0.2) is 86.3 Å². The SMILES string of the molecule is COc1cccc2c(NCCCN3CCN(CCCNc4c5ccccc5nc5c(OC)cccc45)CC3)c3ccccc3nc12. The van der Waals surface area contributed by atoms with Crippen LogP contribution in [0, 0.1) is 0 Å². The molecule has 0 unspecified atom stereocenters. The lowest BCUT2D eigenvalue weighted by Crippen LogP contribution is -2.47. The van der Waals surface area contributed by atoms with E-state index in [9.17, 15) is 0 Å². The Morgan fingerprint density at radius 1 is 0.543 bits per heavy atom. The zero-order valence-corrected chi connectivity index (χ0v) is 26.8. The first kappa shape index (κ1) is 30.0. The van der Waals surface area contributed by atoms with Crippen LogP contribution in [-0.2, 0) is 0 Å². The third kappa shape index (κ3) is 6.10. The number of hydrogen-bond donors (Lipinski definition) is 2. The van der Waals surface area contributed by atoms with Gasteiger partial charge in [0, 0.05) is 60.8 Å². The highest BCUT2D eigenvalue weighted by atomic mass is 16.5. The molecule has 6 aromatic rings. The molecule has 0 spiro atoms. The van der Waals surface area contributed by atoms with E-state index in [-0.39, 0.29) is 0 Å². The summed E-state index contributed by atoms with van der Waals surface area (Å²) < 4.78 is 11.2. The van der Waals surface area contributed by atoms with Gasteiger partial charge in [0.15, 0.2) is 0 Å². The Kier molecular flexibility index (Phi) is 8.98. The Morgan fingerprint density at radius 3 is 1.39 bits per heavy atom. The van der Waals surface area contributed by atoms with Crippen LogP contribution < -0.4 is 20.1 Å². The topological polar surface area (TPSA) is 74.8 Å². The third-order valence-corrected chi connectivity index (χ3v) is 9.16. The molecule has 0 aliphatic carbocycles. The molecule has 2 aromatic heterocycles. The summed E-state index contributed by atoms with van der Waals surface area (Å²) in [6.07, 6.45) is 2.18. The number of para-hydroxylation sites is 4. The van der Waals surface area contributed by atoms with Gasteiger partial charge in [-0.25, -0.2) is 9.97 Å². The van der Waals surface area contributed by atoms with Gasteiger partial charge in [-0.05, 0) is 50.2 Å². The van der Waals surface area contributed by atoms with Crippen molar-refractivity contribution in [3.05, 3.63) is 84.9 Å². The van der Waals surface area contributed by atoms with E-state index in [1.54, 1.807) is 14.2 Å². The van der Waals surface area contributed by atoms with Crippen LogP contribution in [0.15, 0.2) is 84.9 Å². The van der Waals surface area contributed by atoms with Crippen LogP contribution in [0.25, 0.3) is 43.6 Å². The molecule has 46 heavy (non-hydrogen) atoms. The van der Waals surface area contributed by atoms with Crippen molar-refractivity contribution in [2.24, 2.45) is 0 Å². The number of piperazine rings is 1. The van der Waals surface area contributed by atoms with E-state index in [0.29, 0.717) is 0 Å². The molecule has 1 fully saturated rings. The van der Waals surface area contributed by atoms with E-state index in [4.69, 9.17) is 19.4 Å². The summed E-state index contributed by atoms with van der Waals surface area (Å²) in [6, 6.07) is 29.0. The van der Waals surface area contributed by atoms with Crippen LogP contribution in [0.1, 0.15) is 12.8 Å². The van der Waals surface area contributed by atoms with Crippen molar-refractivity contribution >= 4 is 55.0 Å². The Balaban J connectivity index is 0.897. The minimum atomic E-state index is 0.806. The van der Waals surface area contributed by atoms with Gasteiger partial charge in [-0.15, -0.1) is 0 Å². The summed E-state index contributed by atoms with van der Waals surface area (Å²) in [5, 5.41) is 12.0. The Bertz CT molecular complexity index is 1830. The molecule has 1 aliphatic heterocycles. The smallest absolute Gasteiger partial charge is 0.145 e. The van der Waals surface area contributed by atoms with Crippen LogP contribution >= 0.6 is 0 Å². The number of hydrogen-bond acceptors (Lipinski definition) is 8. The van der Waals surface area contributed by atoms with Crippen molar-refractivity contribution in [1.29, 1.82) is 0 Å². The standard InChI is InChI=1S/C38H42N6O2/c1-45-33-17-7-13-29-35(27-11-3-5-15-31(27)41-37(29)33)39-19-9-21-43-23-25-44(26-24-43)22-10-20-40-36-28-12-4-6-16-32(28)42-38-30(36)14-8-18-34(38)46-2/h3-8,11-18H,9-10,19-26H2,1-2H3,(H,39,41)(H,40,42). The van der Waals surface area contributed by atoms with Crippen molar-refractivity contribution in [3.8, 4) is 11.5 Å². The molecule has 1 aliphatic rings. The minimum absolute atomic E-state index is 0.806. The van der Waals surface area contributed by atoms with Gasteiger partial charge in [-0.2, -0.15) is 0 Å². The fourth-order valence-electron chi connectivity index (χ4n) is 6.75. The van der Waals surface area contributed by atoms with Gasteiger partial charge in [-0.3, -0.25) is 0 Å². The lowest BCUT2D eigenvalue weighted by atomic mass is 10.1. The van der Waals surface area contributed by atoms with Crippen LogP contribution in [0.5, 0.6) is 11.5 Å². The number of methoxy groups -OCH3 is 2. The van der Waals surface area contributed by atoms with E-state index in [1.807, 2.05) is 36.4 Å². The number of pyridine rings is 2. The maximum atomic E-state index is 5.62. The van der Waals surface area contributed by atoms with E-state index in [1.165, 1.54) is 0 Å². The maximum absolute atomic E-state index is 5.62. The van der Waals surface area contributed by atoms with Gasteiger partial charge in [-0.1, -0.05) is 60.7 Å². The summed E-state index contributed by atoms with van der Waals surface area (Å²) in [4.78, 5) is 15.0. The van der Waals surface area contributed by atoms with Crippen LogP contribution in [0.3, 0.4) is 0 Å². The van der Waals surface area contributed by atoms with E-state index in [0.717, 1.165) is 132 Å². The fraction of sp³-hybridized carbons (Fsp3) is 0.316. The molecule has 2 N–H and O–H groups in total. The lowest BCUT2D eigenvalue weighted by Gasteiger charge is -2.34. The molecule has 0 bridgehead atoms. The van der Waals surface area contributed by atoms with Gasteiger partial charge in [0.1, 0.15) is 22.5 Å².